The lowest BCUT2D eigenvalue weighted by Crippen LogP contribution is -1.98. The zero-order chi connectivity index (χ0) is 90.1. The van der Waals surface area contributed by atoms with Gasteiger partial charge in [0.25, 0.3) is 0 Å². The van der Waals surface area contributed by atoms with Crippen LogP contribution in [0.15, 0.2) is 479 Å². The lowest BCUT2D eigenvalue weighted by Gasteiger charge is -2.14. The minimum Gasteiger partial charge on any atom is -0.293 e. The molecule has 0 radical (unpaired) electrons. The van der Waals surface area contributed by atoms with E-state index in [1.165, 1.54) is 136 Å². The van der Waals surface area contributed by atoms with Gasteiger partial charge in [-0.25, -0.2) is 29.9 Å². The van der Waals surface area contributed by atoms with E-state index in [-0.39, 0.29) is 0 Å². The third kappa shape index (κ3) is 13.4. The van der Waals surface area contributed by atoms with E-state index in [0.717, 1.165) is 133 Å². The predicted octanol–water partition coefficient (Wildman–Crippen LogP) is 33.4. The molecule has 137 heavy (non-hydrogen) atoms. The van der Waals surface area contributed by atoms with Crippen LogP contribution in [0.5, 0.6) is 0 Å². The molecule has 23 aromatic carbocycles. The molecule has 0 aliphatic carbocycles. The summed E-state index contributed by atoms with van der Waals surface area (Å²) < 4.78 is 6.84. The highest BCUT2D eigenvalue weighted by molar-refractivity contribution is 6.20. The molecule has 0 saturated heterocycles. The van der Waals surface area contributed by atoms with E-state index in [0.29, 0.717) is 0 Å². The van der Waals surface area contributed by atoms with Crippen molar-refractivity contribution in [1.82, 2.24) is 43.6 Å². The van der Waals surface area contributed by atoms with Crippen LogP contribution in [-0.2, 0) is 0 Å². The van der Waals surface area contributed by atoms with Crippen LogP contribution in [0, 0.1) is 0 Å². The molecule has 6 aromatic heterocycles. The summed E-state index contributed by atoms with van der Waals surface area (Å²) >= 11 is 0. The Bertz CT molecular complexity index is 9960. The maximum Gasteiger partial charge on any atom is 0.165 e. The molecule has 0 amide bonds. The van der Waals surface area contributed by atoms with Gasteiger partial charge in [0.15, 0.2) is 16.9 Å². The summed E-state index contributed by atoms with van der Waals surface area (Å²) in [7, 11) is 0. The van der Waals surface area contributed by atoms with Gasteiger partial charge >= 0.3 is 0 Å². The number of nitrogens with zero attached hydrogens (tertiary/aromatic N) is 9. The number of para-hydroxylation sites is 6. The third-order valence-corrected chi connectivity index (χ3v) is 27.6. The van der Waals surface area contributed by atoms with Crippen LogP contribution in [0.3, 0.4) is 0 Å². The molecule has 0 aliphatic rings. The standard InChI is InChI=1S/C46H29N3.C44H27N3.C38H23N3/c1-3-13-30(14-4-1)34-25-35(31-15-5-2-6-16-31)27-36(26-34)49-44-24-23-33(29-41(44)45-46(49)48-43-22-12-11-21-42(43)47-45)40-28-32-17-7-8-18-37(32)38-19-9-10-20-39(38)40;1-2-11-28(12-3-1)33-18-10-14-29-25-32(22-23-35(29)33)47-42-24-21-31(27-39(42)43-44(47)46-41-20-9-8-19-40(41)45-43)38-26-30-13-4-5-15-34(30)36-16-6-7-17-37(36)38;1-2-10-25-21-28(19-17-24(25)9-1)41-36-20-18-27(23-33(36)37-38(41)40-35-16-8-7-15-34(35)39-37)32-22-26-11-3-4-12-29(26)30-13-5-6-14-31(30)32/h1-29H;1-27H;1-23H. The average Bonchev–Trinajstić information content (AvgIpc) is 1.67. The molecule has 9 nitrogen and oxygen atoms in total. The maximum atomic E-state index is 5.29. The van der Waals surface area contributed by atoms with Gasteiger partial charge in [0.05, 0.1) is 49.7 Å². The summed E-state index contributed by atoms with van der Waals surface area (Å²) in [5.74, 6) is 0. The van der Waals surface area contributed by atoms with Crippen molar-refractivity contribution in [2.24, 2.45) is 0 Å². The molecule has 0 bridgehead atoms. The molecule has 0 saturated carbocycles. The van der Waals surface area contributed by atoms with Crippen LogP contribution in [0.4, 0.5) is 0 Å². The Morgan fingerprint density at radius 1 is 0.131 bits per heavy atom. The Hall–Kier alpha value is -18.4. The van der Waals surface area contributed by atoms with Crippen LogP contribution >= 0.6 is 0 Å². The zero-order valence-electron chi connectivity index (χ0n) is 74.1. The minimum atomic E-state index is 0.846. The van der Waals surface area contributed by atoms with Gasteiger partial charge in [-0.05, 0) is 286 Å². The van der Waals surface area contributed by atoms with E-state index in [1.54, 1.807) is 0 Å². The van der Waals surface area contributed by atoms with Gasteiger partial charge < -0.3 is 0 Å². The summed E-state index contributed by atoms with van der Waals surface area (Å²) in [5.41, 5.74) is 31.3. The van der Waals surface area contributed by atoms with Gasteiger partial charge in [0.2, 0.25) is 0 Å². The number of fused-ring (bicyclic) bond motifs is 23. The van der Waals surface area contributed by atoms with E-state index in [1.807, 2.05) is 66.7 Å². The molecule has 0 aliphatic heterocycles. The van der Waals surface area contributed by atoms with E-state index < -0.39 is 0 Å². The first kappa shape index (κ1) is 78.4. The number of hydrogen-bond acceptors (Lipinski definition) is 6. The van der Waals surface area contributed by atoms with Crippen molar-refractivity contribution >= 4 is 185 Å². The summed E-state index contributed by atoms with van der Waals surface area (Å²) in [4.78, 5) is 31.4. The van der Waals surface area contributed by atoms with Gasteiger partial charge in [0, 0.05) is 33.2 Å². The highest BCUT2D eigenvalue weighted by atomic mass is 15.1. The summed E-state index contributed by atoms with van der Waals surface area (Å²) in [5, 5.41) is 23.2. The van der Waals surface area contributed by atoms with Crippen LogP contribution in [0.1, 0.15) is 0 Å². The fraction of sp³-hybridized carbons (Fsp3) is 0. The highest BCUT2D eigenvalue weighted by Crippen LogP contribution is 2.46. The Morgan fingerprint density at radius 2 is 0.431 bits per heavy atom. The zero-order valence-corrected chi connectivity index (χ0v) is 74.1. The van der Waals surface area contributed by atoms with Crippen molar-refractivity contribution in [2.45, 2.75) is 0 Å². The lowest BCUT2D eigenvalue weighted by atomic mass is 9.93. The average molecular weight is 1740 g/mol. The molecule has 636 valence electrons. The molecule has 0 N–H and O–H groups in total. The largest absolute Gasteiger partial charge is 0.293 e. The molecule has 0 unspecified atom stereocenters. The van der Waals surface area contributed by atoms with E-state index in [9.17, 15) is 0 Å². The Balaban J connectivity index is 0.000000104. The fourth-order valence-corrected chi connectivity index (χ4v) is 21.2. The number of aromatic nitrogens is 9. The first-order valence-electron chi connectivity index (χ1n) is 46.6. The quantitative estimate of drug-likeness (QED) is 0.134. The summed E-state index contributed by atoms with van der Waals surface area (Å²) in [6.07, 6.45) is 0. The first-order valence-corrected chi connectivity index (χ1v) is 46.6. The highest BCUT2D eigenvalue weighted by Gasteiger charge is 2.25. The molecule has 0 spiro atoms. The molecule has 29 aromatic rings. The SMILES string of the molecule is c1ccc(-c2cc(-c3ccccc3)cc(-n3c4ccc(-c5cc6ccccc6c6ccccc56)cc4c4nc5ccccc5nc43)c2)cc1.c1ccc(-c2cccc3cc(-n4c5ccc(-c6cc7ccccc7c7ccccc67)cc5c5nc6ccccc6nc54)ccc23)cc1.c1ccc2cc(-n3c4ccc(-c5cc6ccccc6c6ccccc56)cc4c4nc5ccccc5nc43)ccc2c1. The van der Waals surface area contributed by atoms with Crippen LogP contribution in [-0.4, -0.2) is 43.6 Å². The van der Waals surface area contributed by atoms with Gasteiger partial charge in [-0.1, -0.05) is 346 Å². The van der Waals surface area contributed by atoms with Crippen molar-refractivity contribution in [1.29, 1.82) is 0 Å². The third-order valence-electron chi connectivity index (χ3n) is 27.6. The van der Waals surface area contributed by atoms with Gasteiger partial charge in [0.1, 0.15) is 16.6 Å². The van der Waals surface area contributed by atoms with Crippen LogP contribution < -0.4 is 0 Å². The molecule has 9 heteroatoms. The van der Waals surface area contributed by atoms with Crippen molar-refractivity contribution in [3.05, 3.63) is 479 Å². The van der Waals surface area contributed by atoms with Crippen LogP contribution in [0.2, 0.25) is 0 Å². The van der Waals surface area contributed by atoms with Gasteiger partial charge in [-0.3, -0.25) is 13.7 Å². The Kier molecular flexibility index (Phi) is 18.5. The van der Waals surface area contributed by atoms with E-state index >= 15 is 0 Å². The fourth-order valence-electron chi connectivity index (χ4n) is 21.2. The van der Waals surface area contributed by atoms with Crippen molar-refractivity contribution in [3.8, 4) is 83.8 Å². The van der Waals surface area contributed by atoms with Gasteiger partial charge in [-0.15, -0.1) is 0 Å². The first-order chi connectivity index (χ1) is 67.9. The molecule has 0 atom stereocenters. The van der Waals surface area contributed by atoms with Crippen molar-refractivity contribution in [3.63, 3.8) is 0 Å². The minimum absolute atomic E-state index is 0.846. The Labute approximate surface area is 786 Å². The van der Waals surface area contributed by atoms with E-state index in [2.05, 4.69) is 426 Å². The molecular weight excluding hydrogens is 1660 g/mol. The van der Waals surface area contributed by atoms with Crippen molar-refractivity contribution in [2.75, 3.05) is 0 Å². The second-order valence-corrected chi connectivity index (χ2v) is 35.5. The predicted molar refractivity (Wildman–Crippen MR) is 574 cm³/mol. The van der Waals surface area contributed by atoms with E-state index in [4.69, 9.17) is 29.9 Å². The Morgan fingerprint density at radius 3 is 0.832 bits per heavy atom. The molecule has 29 rings (SSSR count). The lowest BCUT2D eigenvalue weighted by molar-refractivity contribution is 1.14. The number of rotatable bonds is 9. The molecule has 0 fully saturated rings. The monoisotopic (exact) mass is 1740 g/mol. The van der Waals surface area contributed by atoms with Gasteiger partial charge in [-0.2, -0.15) is 0 Å². The summed E-state index contributed by atoms with van der Waals surface area (Å²) in [6, 6.07) is 171. The second kappa shape index (κ2) is 32.2. The number of hydrogen-bond donors (Lipinski definition) is 0. The second-order valence-electron chi connectivity index (χ2n) is 35.5. The smallest absolute Gasteiger partial charge is 0.165 e. The summed E-state index contributed by atoms with van der Waals surface area (Å²) in [6.45, 7) is 0. The van der Waals surface area contributed by atoms with Crippen LogP contribution in [0.25, 0.3) is 269 Å². The normalized spacial score (nSPS) is 11.8. The number of benzene rings is 23. The molecule has 6 heterocycles. The topological polar surface area (TPSA) is 92.1 Å². The molecular formula is C128H79N9. The maximum absolute atomic E-state index is 5.29. The van der Waals surface area contributed by atoms with Crippen molar-refractivity contribution < 1.29 is 0 Å².